The molecule has 0 bridgehead atoms. The molecule has 0 aromatic heterocycles. The Bertz CT molecular complexity index is 603. The van der Waals surface area contributed by atoms with Crippen molar-refractivity contribution in [3.63, 3.8) is 0 Å². The number of nitrogens with zero attached hydrogens (tertiary/aromatic N) is 2. The second-order valence-corrected chi connectivity index (χ2v) is 4.27. The SMILES string of the molecule is C=CCc1cc(C=NNC(=O)CC#N)cc(OCC)c1OC. The number of nitriles is 1. The van der Waals surface area contributed by atoms with Crippen molar-refractivity contribution in [2.75, 3.05) is 13.7 Å². The molecule has 0 fully saturated rings. The highest BCUT2D eigenvalue weighted by molar-refractivity contribution is 5.84. The molecule has 0 aliphatic rings. The molecule has 0 atom stereocenters. The predicted octanol–water partition coefficient (Wildman–Crippen LogP) is 2.19. The second-order valence-electron chi connectivity index (χ2n) is 4.27. The number of hydrazone groups is 1. The molecule has 22 heavy (non-hydrogen) atoms. The maximum Gasteiger partial charge on any atom is 0.254 e. The fraction of sp³-hybridized carbons (Fsp3) is 0.312. The summed E-state index contributed by atoms with van der Waals surface area (Å²) in [4.78, 5) is 11.2. The van der Waals surface area contributed by atoms with Crippen LogP contribution in [0.5, 0.6) is 11.5 Å². The third-order valence-electron chi connectivity index (χ3n) is 2.66. The number of hydrogen-bond donors (Lipinski definition) is 1. The fourth-order valence-corrected chi connectivity index (χ4v) is 1.85. The molecule has 0 aliphatic carbocycles. The van der Waals surface area contributed by atoms with Crippen LogP contribution >= 0.6 is 0 Å². The van der Waals surface area contributed by atoms with Gasteiger partial charge in [-0.25, -0.2) is 5.43 Å². The van der Waals surface area contributed by atoms with Crippen molar-refractivity contribution in [1.82, 2.24) is 5.43 Å². The van der Waals surface area contributed by atoms with Gasteiger partial charge in [-0.05, 0) is 31.0 Å². The van der Waals surface area contributed by atoms with Crippen molar-refractivity contribution in [1.29, 1.82) is 5.26 Å². The predicted molar refractivity (Wildman–Crippen MR) is 84.0 cm³/mol. The molecule has 0 heterocycles. The zero-order chi connectivity index (χ0) is 16.4. The molecule has 6 heteroatoms. The third kappa shape index (κ3) is 4.94. The molecule has 0 saturated heterocycles. The summed E-state index contributed by atoms with van der Waals surface area (Å²) in [5.74, 6) is 0.810. The Hall–Kier alpha value is -2.81. The molecule has 1 amide bonds. The van der Waals surface area contributed by atoms with E-state index >= 15 is 0 Å². The van der Waals surface area contributed by atoms with Crippen molar-refractivity contribution < 1.29 is 14.3 Å². The fourth-order valence-electron chi connectivity index (χ4n) is 1.85. The first-order chi connectivity index (χ1) is 10.7. The molecule has 6 nitrogen and oxygen atoms in total. The molecule has 0 spiro atoms. The van der Waals surface area contributed by atoms with Gasteiger partial charge in [0.1, 0.15) is 6.42 Å². The van der Waals surface area contributed by atoms with Crippen LogP contribution in [0, 0.1) is 11.3 Å². The summed E-state index contributed by atoms with van der Waals surface area (Å²) in [7, 11) is 1.58. The molecule has 1 aromatic rings. The molecule has 0 saturated carbocycles. The number of ether oxygens (including phenoxy) is 2. The van der Waals surface area contributed by atoms with Crippen LogP contribution in [0.25, 0.3) is 0 Å². The average molecular weight is 301 g/mol. The summed E-state index contributed by atoms with van der Waals surface area (Å²) in [6.45, 7) is 6.11. The lowest BCUT2D eigenvalue weighted by molar-refractivity contribution is -0.120. The van der Waals surface area contributed by atoms with Gasteiger partial charge in [0.25, 0.3) is 5.91 Å². The van der Waals surface area contributed by atoms with E-state index < -0.39 is 5.91 Å². The van der Waals surface area contributed by atoms with Crippen LogP contribution in [0.1, 0.15) is 24.5 Å². The van der Waals surface area contributed by atoms with Gasteiger partial charge in [0.2, 0.25) is 0 Å². The maximum absolute atomic E-state index is 11.2. The van der Waals surface area contributed by atoms with E-state index in [0.717, 1.165) is 11.1 Å². The number of methoxy groups -OCH3 is 1. The smallest absolute Gasteiger partial charge is 0.254 e. The van der Waals surface area contributed by atoms with Crippen LogP contribution in [-0.4, -0.2) is 25.8 Å². The average Bonchev–Trinajstić information content (AvgIpc) is 2.48. The molecule has 116 valence electrons. The zero-order valence-corrected chi connectivity index (χ0v) is 12.8. The highest BCUT2D eigenvalue weighted by atomic mass is 16.5. The lowest BCUT2D eigenvalue weighted by Gasteiger charge is -2.14. The largest absolute Gasteiger partial charge is 0.493 e. The molecular formula is C16H19N3O3. The van der Waals surface area contributed by atoms with Gasteiger partial charge in [0.15, 0.2) is 11.5 Å². The van der Waals surface area contributed by atoms with Gasteiger partial charge in [-0.15, -0.1) is 6.58 Å². The number of carbonyl (C=O) groups excluding carboxylic acids is 1. The molecule has 0 radical (unpaired) electrons. The first-order valence-corrected chi connectivity index (χ1v) is 6.79. The monoisotopic (exact) mass is 301 g/mol. The van der Waals surface area contributed by atoms with Crippen molar-refractivity contribution in [3.05, 3.63) is 35.9 Å². The number of allylic oxidation sites excluding steroid dienone is 1. The summed E-state index contributed by atoms with van der Waals surface area (Å²) in [5, 5.41) is 12.2. The first-order valence-electron chi connectivity index (χ1n) is 6.79. The van der Waals surface area contributed by atoms with Gasteiger partial charge >= 0.3 is 0 Å². The van der Waals surface area contributed by atoms with Crippen LogP contribution in [-0.2, 0) is 11.2 Å². The lowest BCUT2D eigenvalue weighted by Crippen LogP contribution is -2.16. The van der Waals surface area contributed by atoms with Crippen LogP contribution in [0.2, 0.25) is 0 Å². The normalized spacial score (nSPS) is 10.0. The van der Waals surface area contributed by atoms with Gasteiger partial charge in [-0.1, -0.05) is 6.08 Å². The molecule has 1 rings (SSSR count). The van der Waals surface area contributed by atoms with Crippen molar-refractivity contribution in [2.45, 2.75) is 19.8 Å². The standard InChI is InChI=1S/C16H19N3O3/c1-4-6-13-9-12(11-18-19-15(20)7-8-17)10-14(22-5-2)16(13)21-3/h4,9-11H,1,5-7H2,2-3H3,(H,19,20). The van der Waals surface area contributed by atoms with Gasteiger partial charge in [0.05, 0.1) is 26.0 Å². The van der Waals surface area contributed by atoms with Gasteiger partial charge in [0, 0.05) is 5.56 Å². The van der Waals surface area contributed by atoms with Gasteiger partial charge in [-0.2, -0.15) is 10.4 Å². The summed E-state index contributed by atoms with van der Waals surface area (Å²) in [6.07, 6.45) is 3.64. The van der Waals surface area contributed by atoms with Crippen molar-refractivity contribution in [2.24, 2.45) is 5.10 Å². The Morgan fingerprint density at radius 3 is 2.91 bits per heavy atom. The van der Waals surface area contributed by atoms with Crippen LogP contribution in [0.15, 0.2) is 29.9 Å². The quantitative estimate of drug-likeness (QED) is 0.453. The first kappa shape index (κ1) is 17.2. The molecule has 1 N–H and O–H groups in total. The van der Waals surface area contributed by atoms with Crippen LogP contribution < -0.4 is 14.9 Å². The molecule has 0 aliphatic heterocycles. The minimum absolute atomic E-state index is 0.230. The van der Waals surface area contributed by atoms with E-state index in [1.165, 1.54) is 6.21 Å². The Kier molecular flexibility index (Phi) is 7.20. The number of hydrogen-bond acceptors (Lipinski definition) is 5. The van der Waals surface area contributed by atoms with E-state index in [9.17, 15) is 4.79 Å². The van der Waals surface area contributed by atoms with E-state index in [0.29, 0.717) is 24.5 Å². The van der Waals surface area contributed by atoms with E-state index in [1.54, 1.807) is 25.3 Å². The van der Waals surface area contributed by atoms with Gasteiger partial charge in [-0.3, -0.25) is 4.79 Å². The molecule has 1 aromatic carbocycles. The summed E-state index contributed by atoms with van der Waals surface area (Å²) in [6, 6.07) is 5.40. The van der Waals surface area contributed by atoms with E-state index in [2.05, 4.69) is 17.1 Å². The number of benzene rings is 1. The van der Waals surface area contributed by atoms with Crippen molar-refractivity contribution >= 4 is 12.1 Å². The summed E-state index contributed by atoms with van der Waals surface area (Å²) >= 11 is 0. The van der Waals surface area contributed by atoms with Gasteiger partial charge < -0.3 is 9.47 Å². The molecular weight excluding hydrogens is 282 g/mol. The third-order valence-corrected chi connectivity index (χ3v) is 2.66. The van der Waals surface area contributed by atoms with E-state index in [-0.39, 0.29) is 6.42 Å². The highest BCUT2D eigenvalue weighted by Gasteiger charge is 2.11. The number of rotatable bonds is 8. The number of carbonyl (C=O) groups is 1. The number of nitrogens with one attached hydrogen (secondary N) is 1. The second kappa shape index (κ2) is 9.19. The Morgan fingerprint density at radius 2 is 2.32 bits per heavy atom. The minimum atomic E-state index is -0.455. The maximum atomic E-state index is 11.2. The minimum Gasteiger partial charge on any atom is -0.493 e. The Balaban J connectivity index is 3.04. The zero-order valence-electron chi connectivity index (χ0n) is 12.8. The highest BCUT2D eigenvalue weighted by Crippen LogP contribution is 2.33. The van der Waals surface area contributed by atoms with E-state index in [4.69, 9.17) is 14.7 Å². The lowest BCUT2D eigenvalue weighted by atomic mass is 10.1. The number of amides is 1. The van der Waals surface area contributed by atoms with Crippen LogP contribution in [0.4, 0.5) is 0 Å². The Morgan fingerprint density at radius 1 is 1.55 bits per heavy atom. The molecule has 0 unspecified atom stereocenters. The van der Waals surface area contributed by atoms with E-state index in [1.807, 2.05) is 13.0 Å². The summed E-state index contributed by atoms with van der Waals surface area (Å²) in [5.41, 5.74) is 3.94. The van der Waals surface area contributed by atoms with Crippen molar-refractivity contribution in [3.8, 4) is 17.6 Å². The summed E-state index contributed by atoms with van der Waals surface area (Å²) < 4.78 is 11.0. The van der Waals surface area contributed by atoms with Crippen LogP contribution in [0.3, 0.4) is 0 Å². The topological polar surface area (TPSA) is 83.7 Å². The Labute approximate surface area is 130 Å².